The van der Waals surface area contributed by atoms with Crippen LogP contribution in [-0.4, -0.2) is 25.0 Å². The van der Waals surface area contributed by atoms with Gasteiger partial charge in [0.1, 0.15) is 5.82 Å². The zero-order chi connectivity index (χ0) is 9.19. The van der Waals surface area contributed by atoms with E-state index < -0.39 is 10.3 Å². The van der Waals surface area contributed by atoms with E-state index in [1.165, 1.54) is 19.3 Å². The van der Waals surface area contributed by atoms with E-state index in [1.807, 2.05) is 0 Å². The Bertz CT molecular complexity index is 348. The van der Waals surface area contributed by atoms with E-state index in [-0.39, 0.29) is 5.82 Å². The van der Waals surface area contributed by atoms with Crippen molar-refractivity contribution in [3.05, 3.63) is 24.4 Å². The van der Waals surface area contributed by atoms with Gasteiger partial charge in [0.15, 0.2) is 0 Å². The van der Waals surface area contributed by atoms with Gasteiger partial charge in [-0.15, -0.1) is 0 Å². The lowest BCUT2D eigenvalue weighted by atomic mass is 10.5. The van der Waals surface area contributed by atoms with Gasteiger partial charge >= 0.3 is 10.3 Å². The third-order valence-corrected chi connectivity index (χ3v) is 2.20. The van der Waals surface area contributed by atoms with Crippen molar-refractivity contribution in [2.45, 2.75) is 0 Å². The number of aromatic nitrogens is 1. The topological polar surface area (TPSA) is 70.5 Å². The third-order valence-electron chi connectivity index (χ3n) is 1.32. The molecule has 1 N–H and O–H groups in total. The van der Waals surface area contributed by atoms with Crippen molar-refractivity contribution in [3.8, 4) is 0 Å². The standard InChI is InChI=1S/C6H8N2O3S/c1-8(12(9,10)11)6-4-2-3-5-7-6/h2-5H,1H3,(H,9,10,11). The smallest absolute Gasteiger partial charge is 0.269 e. The maximum Gasteiger partial charge on any atom is 0.360 e. The molecule has 1 aromatic rings. The summed E-state index contributed by atoms with van der Waals surface area (Å²) in [6.07, 6.45) is 1.44. The Morgan fingerprint density at radius 1 is 1.50 bits per heavy atom. The van der Waals surface area contributed by atoms with Crippen molar-refractivity contribution in [3.63, 3.8) is 0 Å². The second kappa shape index (κ2) is 3.08. The summed E-state index contributed by atoms with van der Waals surface area (Å²) in [7, 11) is -2.97. The summed E-state index contributed by atoms with van der Waals surface area (Å²) in [5.74, 6) is 0.181. The molecular weight excluding hydrogens is 180 g/mol. The predicted molar refractivity (Wildman–Crippen MR) is 44.2 cm³/mol. The lowest BCUT2D eigenvalue weighted by Crippen LogP contribution is -2.26. The number of hydrogen-bond acceptors (Lipinski definition) is 3. The van der Waals surface area contributed by atoms with Crippen molar-refractivity contribution >= 4 is 16.1 Å². The molecule has 0 atom stereocenters. The quantitative estimate of drug-likeness (QED) is 0.678. The average molecular weight is 188 g/mol. The van der Waals surface area contributed by atoms with Gasteiger partial charge in [-0.1, -0.05) is 6.07 Å². The van der Waals surface area contributed by atoms with Crippen LogP contribution < -0.4 is 4.31 Å². The highest BCUT2D eigenvalue weighted by atomic mass is 32.2. The molecule has 66 valence electrons. The van der Waals surface area contributed by atoms with Crippen molar-refractivity contribution in [2.75, 3.05) is 11.4 Å². The molecule has 0 bridgehead atoms. The van der Waals surface area contributed by atoms with Crippen LogP contribution in [0.15, 0.2) is 24.4 Å². The van der Waals surface area contributed by atoms with Crippen LogP contribution in [0, 0.1) is 0 Å². The number of nitrogens with zero attached hydrogens (tertiary/aromatic N) is 2. The van der Waals surface area contributed by atoms with E-state index in [0.29, 0.717) is 4.31 Å². The molecule has 5 nitrogen and oxygen atoms in total. The van der Waals surface area contributed by atoms with Crippen molar-refractivity contribution in [2.24, 2.45) is 0 Å². The summed E-state index contributed by atoms with van der Waals surface area (Å²) in [4.78, 5) is 3.73. The fourth-order valence-corrected chi connectivity index (χ4v) is 1.00. The monoisotopic (exact) mass is 188 g/mol. The van der Waals surface area contributed by atoms with Gasteiger partial charge in [0, 0.05) is 13.2 Å². The van der Waals surface area contributed by atoms with Crippen LogP contribution in [0.1, 0.15) is 0 Å². The molecule has 1 heterocycles. The molecular formula is C6H8N2O3S. The summed E-state index contributed by atoms with van der Waals surface area (Å²) >= 11 is 0. The molecule has 0 aliphatic carbocycles. The molecule has 0 amide bonds. The first-order valence-corrected chi connectivity index (χ1v) is 4.54. The summed E-state index contributed by atoms with van der Waals surface area (Å²) in [6, 6.07) is 4.76. The van der Waals surface area contributed by atoms with Crippen molar-refractivity contribution < 1.29 is 13.0 Å². The van der Waals surface area contributed by atoms with E-state index in [2.05, 4.69) is 4.98 Å². The zero-order valence-corrected chi connectivity index (χ0v) is 7.19. The first-order valence-electron chi connectivity index (χ1n) is 3.14. The molecule has 0 aliphatic rings. The molecule has 12 heavy (non-hydrogen) atoms. The van der Waals surface area contributed by atoms with Gasteiger partial charge in [-0.25, -0.2) is 9.29 Å². The Morgan fingerprint density at radius 3 is 2.58 bits per heavy atom. The summed E-state index contributed by atoms with van der Waals surface area (Å²) < 4.78 is 30.4. The minimum absolute atomic E-state index is 0.181. The van der Waals surface area contributed by atoms with E-state index >= 15 is 0 Å². The molecule has 1 rings (SSSR count). The van der Waals surface area contributed by atoms with E-state index in [4.69, 9.17) is 4.55 Å². The average Bonchev–Trinajstić information content (AvgIpc) is 2.03. The SMILES string of the molecule is CN(c1ccccn1)S(=O)(=O)O. The Labute approximate surface area is 70.5 Å². The van der Waals surface area contributed by atoms with Crippen LogP contribution >= 0.6 is 0 Å². The van der Waals surface area contributed by atoms with E-state index in [0.717, 1.165) is 0 Å². The second-order valence-electron chi connectivity index (χ2n) is 2.13. The number of anilines is 1. The molecule has 0 saturated carbocycles. The Hall–Kier alpha value is -1.14. The Kier molecular flexibility index (Phi) is 2.30. The third kappa shape index (κ3) is 1.93. The molecule has 0 fully saturated rings. The summed E-state index contributed by atoms with van der Waals surface area (Å²) in [6.45, 7) is 0. The van der Waals surface area contributed by atoms with Crippen LogP contribution in [0.25, 0.3) is 0 Å². The molecule has 0 aromatic carbocycles. The van der Waals surface area contributed by atoms with Crippen LogP contribution in [0.5, 0.6) is 0 Å². The molecule has 0 unspecified atom stereocenters. The van der Waals surface area contributed by atoms with Gasteiger partial charge in [0.25, 0.3) is 0 Å². The largest absolute Gasteiger partial charge is 0.360 e. The molecule has 0 aliphatic heterocycles. The maximum absolute atomic E-state index is 10.6. The first kappa shape index (κ1) is 8.95. The van der Waals surface area contributed by atoms with Gasteiger partial charge in [-0.3, -0.25) is 4.55 Å². The van der Waals surface area contributed by atoms with Crippen molar-refractivity contribution in [1.29, 1.82) is 0 Å². The summed E-state index contributed by atoms with van der Waals surface area (Å²) in [5.41, 5.74) is 0. The van der Waals surface area contributed by atoms with E-state index in [9.17, 15) is 8.42 Å². The molecule has 0 saturated heterocycles. The Morgan fingerprint density at radius 2 is 2.17 bits per heavy atom. The van der Waals surface area contributed by atoms with Gasteiger partial charge in [0.05, 0.1) is 0 Å². The highest BCUT2D eigenvalue weighted by molar-refractivity contribution is 7.87. The lowest BCUT2D eigenvalue weighted by molar-refractivity contribution is 0.481. The highest BCUT2D eigenvalue weighted by Crippen LogP contribution is 2.09. The van der Waals surface area contributed by atoms with Crippen LogP contribution in [0.4, 0.5) is 5.82 Å². The van der Waals surface area contributed by atoms with Gasteiger partial charge < -0.3 is 0 Å². The molecule has 6 heteroatoms. The fraction of sp³-hybridized carbons (Fsp3) is 0.167. The molecule has 0 spiro atoms. The molecule has 0 radical (unpaired) electrons. The second-order valence-corrected chi connectivity index (χ2v) is 3.58. The Balaban J connectivity index is 3.02. The summed E-state index contributed by atoms with van der Waals surface area (Å²) in [5, 5.41) is 0. The first-order chi connectivity index (χ1) is 5.52. The van der Waals surface area contributed by atoms with E-state index in [1.54, 1.807) is 12.1 Å². The van der Waals surface area contributed by atoms with Gasteiger partial charge in [-0.05, 0) is 12.1 Å². The normalized spacial score (nSPS) is 11.2. The maximum atomic E-state index is 10.6. The van der Waals surface area contributed by atoms with Crippen LogP contribution in [-0.2, 0) is 10.3 Å². The number of pyridine rings is 1. The van der Waals surface area contributed by atoms with Gasteiger partial charge in [0.2, 0.25) is 0 Å². The minimum Gasteiger partial charge on any atom is -0.269 e. The van der Waals surface area contributed by atoms with Crippen LogP contribution in [0.3, 0.4) is 0 Å². The minimum atomic E-state index is -4.19. The lowest BCUT2D eigenvalue weighted by Gasteiger charge is -2.12. The number of hydrogen-bond donors (Lipinski definition) is 1. The number of rotatable bonds is 2. The fourth-order valence-electron chi connectivity index (χ4n) is 0.658. The molecule has 1 aromatic heterocycles. The zero-order valence-electron chi connectivity index (χ0n) is 6.38. The van der Waals surface area contributed by atoms with Gasteiger partial charge in [-0.2, -0.15) is 8.42 Å². The highest BCUT2D eigenvalue weighted by Gasteiger charge is 2.13. The van der Waals surface area contributed by atoms with Crippen molar-refractivity contribution in [1.82, 2.24) is 4.98 Å². The predicted octanol–water partition coefficient (Wildman–Crippen LogP) is 0.321. The van der Waals surface area contributed by atoms with Crippen LogP contribution in [0.2, 0.25) is 0 Å².